The lowest BCUT2D eigenvalue weighted by molar-refractivity contribution is 0.0772. The second kappa shape index (κ2) is 6.84. The SMILES string of the molecule is C[C@@H]1C[C@H](CS(=O)(=O)CCC(C)(C)O)C[C@@H]1c1cnc2cnc3[nH]ccc3n12. The summed E-state index contributed by atoms with van der Waals surface area (Å²) in [5.41, 5.74) is 2.81. The smallest absolute Gasteiger partial charge is 0.156 e. The molecule has 0 aromatic carbocycles. The topological polar surface area (TPSA) is 100 Å². The fraction of sp³-hybridized carbons (Fsp3) is 0.600. The summed E-state index contributed by atoms with van der Waals surface area (Å²) >= 11 is 0. The third-order valence-corrected chi connectivity index (χ3v) is 7.75. The van der Waals surface area contributed by atoms with Gasteiger partial charge in [0.15, 0.2) is 21.1 Å². The molecule has 4 rings (SSSR count). The first-order valence-electron chi connectivity index (χ1n) is 9.85. The van der Waals surface area contributed by atoms with Crippen LogP contribution in [-0.2, 0) is 9.84 Å². The van der Waals surface area contributed by atoms with Crippen molar-refractivity contribution in [2.45, 2.75) is 51.6 Å². The van der Waals surface area contributed by atoms with Crippen molar-refractivity contribution in [3.8, 4) is 0 Å². The number of nitrogens with one attached hydrogen (secondary N) is 1. The molecule has 3 atom stereocenters. The van der Waals surface area contributed by atoms with E-state index in [1.807, 2.05) is 18.5 Å². The zero-order chi connectivity index (χ0) is 20.1. The van der Waals surface area contributed by atoms with Crippen LogP contribution in [0.4, 0.5) is 0 Å². The summed E-state index contributed by atoms with van der Waals surface area (Å²) in [5.74, 6) is 1.03. The number of aliphatic hydroxyl groups is 1. The van der Waals surface area contributed by atoms with Gasteiger partial charge in [-0.2, -0.15) is 0 Å². The van der Waals surface area contributed by atoms with Crippen molar-refractivity contribution in [2.24, 2.45) is 11.8 Å². The fourth-order valence-electron chi connectivity index (χ4n) is 4.53. The molecule has 0 radical (unpaired) electrons. The van der Waals surface area contributed by atoms with Gasteiger partial charge < -0.3 is 10.1 Å². The summed E-state index contributed by atoms with van der Waals surface area (Å²) in [6.07, 6.45) is 7.55. The van der Waals surface area contributed by atoms with Crippen molar-refractivity contribution in [1.82, 2.24) is 19.4 Å². The van der Waals surface area contributed by atoms with Crippen molar-refractivity contribution in [2.75, 3.05) is 11.5 Å². The van der Waals surface area contributed by atoms with Gasteiger partial charge in [0.25, 0.3) is 0 Å². The number of nitrogens with zero attached hydrogens (tertiary/aromatic N) is 3. The van der Waals surface area contributed by atoms with Crippen LogP contribution >= 0.6 is 0 Å². The van der Waals surface area contributed by atoms with E-state index in [1.54, 1.807) is 20.0 Å². The summed E-state index contributed by atoms with van der Waals surface area (Å²) in [4.78, 5) is 12.1. The lowest BCUT2D eigenvalue weighted by Gasteiger charge is -2.18. The van der Waals surface area contributed by atoms with Crippen molar-refractivity contribution in [3.63, 3.8) is 0 Å². The number of hydrogen-bond acceptors (Lipinski definition) is 5. The highest BCUT2D eigenvalue weighted by Gasteiger charge is 2.36. The summed E-state index contributed by atoms with van der Waals surface area (Å²) < 4.78 is 27.2. The van der Waals surface area contributed by atoms with E-state index in [1.165, 1.54) is 0 Å². The van der Waals surface area contributed by atoms with Gasteiger partial charge in [-0.1, -0.05) is 6.92 Å². The highest BCUT2D eigenvalue weighted by molar-refractivity contribution is 7.91. The fourth-order valence-corrected chi connectivity index (χ4v) is 6.50. The Kier molecular flexibility index (Phi) is 4.74. The number of aromatic nitrogens is 4. The zero-order valence-corrected chi connectivity index (χ0v) is 17.4. The molecule has 0 amide bonds. The number of hydrogen-bond donors (Lipinski definition) is 2. The molecule has 0 aliphatic heterocycles. The number of H-pyrrole nitrogens is 1. The predicted molar refractivity (Wildman–Crippen MR) is 109 cm³/mol. The average Bonchev–Trinajstić information content (AvgIpc) is 3.29. The monoisotopic (exact) mass is 404 g/mol. The lowest BCUT2D eigenvalue weighted by Crippen LogP contribution is -2.26. The minimum atomic E-state index is -3.18. The summed E-state index contributed by atoms with van der Waals surface area (Å²) in [6.45, 7) is 5.50. The molecular weight excluding hydrogens is 376 g/mol. The van der Waals surface area contributed by atoms with Crippen LogP contribution in [0, 0.1) is 11.8 Å². The van der Waals surface area contributed by atoms with Crippen LogP contribution in [0.25, 0.3) is 16.8 Å². The first-order chi connectivity index (χ1) is 13.1. The molecule has 0 unspecified atom stereocenters. The molecule has 7 nitrogen and oxygen atoms in total. The first kappa shape index (κ1) is 19.4. The number of sulfone groups is 1. The quantitative estimate of drug-likeness (QED) is 0.658. The van der Waals surface area contributed by atoms with Crippen LogP contribution in [0.2, 0.25) is 0 Å². The second-order valence-corrected chi connectivity index (χ2v) is 11.2. The van der Waals surface area contributed by atoms with E-state index < -0.39 is 15.4 Å². The molecule has 8 heteroatoms. The van der Waals surface area contributed by atoms with E-state index in [2.05, 4.69) is 26.3 Å². The highest BCUT2D eigenvalue weighted by atomic mass is 32.2. The molecule has 3 heterocycles. The van der Waals surface area contributed by atoms with Crippen LogP contribution in [0.5, 0.6) is 0 Å². The maximum atomic E-state index is 12.5. The molecular formula is C20H28N4O3S. The maximum absolute atomic E-state index is 12.5. The Labute approximate surface area is 165 Å². The van der Waals surface area contributed by atoms with Gasteiger partial charge >= 0.3 is 0 Å². The molecule has 3 aromatic heterocycles. The highest BCUT2D eigenvalue weighted by Crippen LogP contribution is 2.44. The van der Waals surface area contributed by atoms with Crippen molar-refractivity contribution in [1.29, 1.82) is 0 Å². The Morgan fingerprint density at radius 3 is 2.82 bits per heavy atom. The Morgan fingerprint density at radius 1 is 1.29 bits per heavy atom. The number of aromatic amines is 1. The molecule has 28 heavy (non-hydrogen) atoms. The average molecular weight is 405 g/mol. The second-order valence-electron chi connectivity index (χ2n) is 8.94. The van der Waals surface area contributed by atoms with Gasteiger partial charge in [0.2, 0.25) is 0 Å². The third-order valence-electron chi connectivity index (χ3n) is 5.94. The lowest BCUT2D eigenvalue weighted by atomic mass is 9.95. The summed E-state index contributed by atoms with van der Waals surface area (Å²) in [5, 5.41) is 9.84. The maximum Gasteiger partial charge on any atom is 0.156 e. The summed E-state index contributed by atoms with van der Waals surface area (Å²) in [7, 11) is -3.18. The molecule has 3 aromatic rings. The normalized spacial score (nSPS) is 23.8. The molecule has 0 saturated heterocycles. The van der Waals surface area contributed by atoms with Gasteiger partial charge in [-0.05, 0) is 51.0 Å². The largest absolute Gasteiger partial charge is 0.390 e. The van der Waals surface area contributed by atoms with E-state index in [0.29, 0.717) is 5.92 Å². The van der Waals surface area contributed by atoms with Gasteiger partial charge in [0, 0.05) is 24.0 Å². The van der Waals surface area contributed by atoms with Crippen LogP contribution in [0.1, 0.15) is 51.6 Å². The molecule has 1 aliphatic carbocycles. The van der Waals surface area contributed by atoms with Crippen LogP contribution in [-0.4, -0.2) is 50.0 Å². The Balaban J connectivity index is 1.55. The van der Waals surface area contributed by atoms with E-state index in [4.69, 9.17) is 0 Å². The first-order valence-corrected chi connectivity index (χ1v) is 11.7. The van der Waals surface area contributed by atoms with Gasteiger partial charge in [-0.3, -0.25) is 4.40 Å². The van der Waals surface area contributed by atoms with Gasteiger partial charge in [-0.15, -0.1) is 0 Å². The molecule has 1 fully saturated rings. The van der Waals surface area contributed by atoms with Crippen LogP contribution in [0.15, 0.2) is 24.7 Å². The third kappa shape index (κ3) is 3.80. The Hall–Kier alpha value is -1.93. The van der Waals surface area contributed by atoms with E-state index in [9.17, 15) is 13.5 Å². The van der Waals surface area contributed by atoms with E-state index in [-0.39, 0.29) is 29.8 Å². The minimum absolute atomic E-state index is 0.0390. The summed E-state index contributed by atoms with van der Waals surface area (Å²) in [6, 6.07) is 2.00. The van der Waals surface area contributed by atoms with E-state index >= 15 is 0 Å². The van der Waals surface area contributed by atoms with Gasteiger partial charge in [0.05, 0.1) is 28.8 Å². The molecule has 152 valence electrons. The van der Waals surface area contributed by atoms with Crippen molar-refractivity contribution in [3.05, 3.63) is 30.4 Å². The van der Waals surface area contributed by atoms with E-state index in [0.717, 1.165) is 35.3 Å². The molecule has 0 bridgehead atoms. The number of imidazole rings is 1. The van der Waals surface area contributed by atoms with Crippen molar-refractivity contribution < 1.29 is 13.5 Å². The van der Waals surface area contributed by atoms with Crippen molar-refractivity contribution >= 4 is 26.6 Å². The zero-order valence-electron chi connectivity index (χ0n) is 16.6. The number of fused-ring (bicyclic) bond motifs is 3. The van der Waals surface area contributed by atoms with Crippen LogP contribution in [0.3, 0.4) is 0 Å². The molecule has 1 saturated carbocycles. The molecule has 1 aliphatic rings. The minimum Gasteiger partial charge on any atom is -0.390 e. The standard InChI is InChI=1S/C20H28N4O3S/c1-13-8-14(12-28(26,27)7-5-20(2,3)25)9-15(13)17-10-22-18-11-23-19-16(24(17)18)4-6-21-19/h4,6,10-11,13-15,21,25H,5,7-9,12H2,1-3H3/t13-,14+,15+/m1/s1. The van der Waals surface area contributed by atoms with Gasteiger partial charge in [-0.25, -0.2) is 18.4 Å². The number of rotatable bonds is 6. The van der Waals surface area contributed by atoms with Crippen LogP contribution < -0.4 is 0 Å². The predicted octanol–water partition coefficient (Wildman–Crippen LogP) is 2.92. The molecule has 2 N–H and O–H groups in total. The Bertz CT molecular complexity index is 1090. The molecule has 0 spiro atoms. The Morgan fingerprint density at radius 2 is 2.07 bits per heavy atom. The van der Waals surface area contributed by atoms with Gasteiger partial charge in [0.1, 0.15) is 0 Å².